The summed E-state index contributed by atoms with van der Waals surface area (Å²) in [7, 11) is 0. The normalized spacial score (nSPS) is 19.4. The number of benzene rings is 2. The van der Waals surface area contributed by atoms with Crippen molar-refractivity contribution in [1.82, 2.24) is 20.4 Å². The lowest BCUT2D eigenvalue weighted by molar-refractivity contribution is -0.138. The molecule has 2 amide bonds. The number of carbonyl (C=O) groups excluding carboxylic acids is 2. The Bertz CT molecular complexity index is 1580. The molecule has 9 nitrogen and oxygen atoms in total. The van der Waals surface area contributed by atoms with Crippen LogP contribution in [0, 0.1) is 36.4 Å². The van der Waals surface area contributed by atoms with Crippen molar-refractivity contribution in [3.05, 3.63) is 87.1 Å². The van der Waals surface area contributed by atoms with Crippen LogP contribution >= 0.6 is 0 Å². The first kappa shape index (κ1) is 29.4. The number of halogens is 2. The van der Waals surface area contributed by atoms with Gasteiger partial charge in [0, 0.05) is 18.1 Å². The van der Waals surface area contributed by atoms with Crippen molar-refractivity contribution in [3.8, 4) is 17.6 Å². The number of nitrogens with one attached hydrogen (secondary N) is 2. The maximum atomic E-state index is 15.5. The number of hydrogen-bond acceptors (Lipinski definition) is 6. The summed E-state index contributed by atoms with van der Waals surface area (Å²) < 4.78 is 35.2. The van der Waals surface area contributed by atoms with E-state index in [1.165, 1.54) is 48.2 Å². The minimum Gasteiger partial charge on any atom is -0.451 e. The van der Waals surface area contributed by atoms with Crippen molar-refractivity contribution in [2.45, 2.75) is 65.3 Å². The highest BCUT2D eigenvalue weighted by molar-refractivity contribution is 5.98. The summed E-state index contributed by atoms with van der Waals surface area (Å²) in [4.78, 5) is 40.2. The monoisotopic (exact) mass is 563 g/mol. The van der Waals surface area contributed by atoms with Crippen LogP contribution in [0.5, 0.6) is 11.5 Å². The van der Waals surface area contributed by atoms with Crippen LogP contribution in [0.1, 0.15) is 60.4 Å². The highest BCUT2D eigenvalue weighted by Gasteiger charge is 2.51. The average Bonchev–Trinajstić information content (AvgIpc) is 3.29. The molecule has 4 rings (SSSR count). The van der Waals surface area contributed by atoms with E-state index in [9.17, 15) is 24.0 Å². The van der Waals surface area contributed by atoms with Crippen molar-refractivity contribution in [2.24, 2.45) is 5.41 Å². The van der Waals surface area contributed by atoms with Crippen LogP contribution in [0.25, 0.3) is 0 Å². The average molecular weight is 564 g/mol. The minimum absolute atomic E-state index is 0.0523. The fourth-order valence-corrected chi connectivity index (χ4v) is 5.04. The Hall–Kier alpha value is -4.59. The number of nitrogens with zero attached hydrogens (tertiary/aromatic N) is 3. The van der Waals surface area contributed by atoms with Gasteiger partial charge in [0.15, 0.2) is 5.75 Å². The van der Waals surface area contributed by atoms with E-state index in [4.69, 9.17) is 4.74 Å². The number of carbonyl (C=O) groups is 2. The Morgan fingerprint density at radius 2 is 1.93 bits per heavy atom. The molecule has 1 aromatic heterocycles. The number of aromatic amines is 1. The van der Waals surface area contributed by atoms with E-state index >= 15 is 4.39 Å². The lowest BCUT2D eigenvalue weighted by Crippen LogP contribution is -2.52. The number of H-pyrrole nitrogens is 1. The van der Waals surface area contributed by atoms with Crippen LogP contribution in [0.4, 0.5) is 8.78 Å². The highest BCUT2D eigenvalue weighted by atomic mass is 19.1. The molecular formula is C30H31F2N5O4. The molecule has 1 aliphatic rings. The van der Waals surface area contributed by atoms with Crippen molar-refractivity contribution in [1.29, 1.82) is 5.26 Å². The Morgan fingerprint density at radius 1 is 1.20 bits per heavy atom. The van der Waals surface area contributed by atoms with Gasteiger partial charge in [-0.15, -0.1) is 0 Å². The number of alkyl halides is 1. The van der Waals surface area contributed by atoms with Gasteiger partial charge in [-0.05, 0) is 76.1 Å². The molecule has 0 spiro atoms. The van der Waals surface area contributed by atoms with E-state index in [0.29, 0.717) is 17.0 Å². The van der Waals surface area contributed by atoms with Gasteiger partial charge in [-0.2, -0.15) is 10.4 Å². The summed E-state index contributed by atoms with van der Waals surface area (Å²) in [5.41, 5.74) is 0.0190. The molecule has 2 aromatic carbocycles. The van der Waals surface area contributed by atoms with E-state index < -0.39 is 52.9 Å². The topological polar surface area (TPSA) is 128 Å². The van der Waals surface area contributed by atoms with Gasteiger partial charge in [-0.25, -0.2) is 13.9 Å². The number of likely N-dealkylation sites (tertiary alicyclic amines) is 1. The van der Waals surface area contributed by atoms with Gasteiger partial charge in [-0.3, -0.25) is 14.4 Å². The zero-order valence-electron chi connectivity index (χ0n) is 23.4. The van der Waals surface area contributed by atoms with Crippen molar-refractivity contribution >= 4 is 11.8 Å². The number of rotatable bonds is 7. The molecule has 0 saturated carbocycles. The summed E-state index contributed by atoms with van der Waals surface area (Å²) in [5.74, 6) is -1.32. The van der Waals surface area contributed by atoms with Gasteiger partial charge in [0.25, 0.3) is 5.91 Å². The minimum atomic E-state index is -1.53. The highest BCUT2D eigenvalue weighted by Crippen LogP contribution is 2.45. The first-order valence-electron chi connectivity index (χ1n) is 13.1. The maximum Gasteiger partial charge on any atom is 0.307 e. The number of aromatic nitrogens is 2. The molecule has 0 aliphatic carbocycles. The molecule has 1 aliphatic heterocycles. The van der Waals surface area contributed by atoms with Crippen LogP contribution in [0.3, 0.4) is 0 Å². The Kier molecular flexibility index (Phi) is 8.24. The molecule has 1 fully saturated rings. The third-order valence-electron chi connectivity index (χ3n) is 7.27. The smallest absolute Gasteiger partial charge is 0.307 e. The SMILES string of the molecule is Cc1cc(Oc2ccc(C(=O)N[C@H](C)C(=O)N3[C@H](c4cccc(F)c4)[C@@H](F)C[C@@H]3C(C)(C)C#N)cc2C)c(=O)[nH]n1. The number of nitriles is 1. The third kappa shape index (κ3) is 6.11. The van der Waals surface area contributed by atoms with Gasteiger partial charge in [0.05, 0.1) is 29.3 Å². The number of aryl methyl sites for hydroxylation is 2. The predicted molar refractivity (Wildman–Crippen MR) is 146 cm³/mol. The molecule has 1 saturated heterocycles. The second kappa shape index (κ2) is 11.5. The van der Waals surface area contributed by atoms with Crippen LogP contribution < -0.4 is 15.6 Å². The fraction of sp³-hybridized carbons (Fsp3) is 0.367. The molecule has 2 heterocycles. The van der Waals surface area contributed by atoms with Crippen LogP contribution in [-0.2, 0) is 4.79 Å². The first-order valence-corrected chi connectivity index (χ1v) is 13.1. The van der Waals surface area contributed by atoms with Gasteiger partial charge in [0.1, 0.15) is 23.8 Å². The summed E-state index contributed by atoms with van der Waals surface area (Å²) in [6.07, 6.45) is -1.64. The van der Waals surface area contributed by atoms with Crippen LogP contribution in [0.2, 0.25) is 0 Å². The molecule has 214 valence electrons. The standard InChI is InChI=1S/C30H31F2N5O4/c1-16-11-20(9-10-23(16)41-24-12-17(2)35-36-28(24)39)27(38)34-18(3)29(40)37-25(30(4,5)15-33)14-22(32)26(37)19-7-6-8-21(31)13-19/h6-13,18,22,25-26H,14H2,1-5H3,(H,34,38)(H,36,39)/t18-,22+,25-,26-/m1/s1. The Labute approximate surface area is 236 Å². The van der Waals surface area contributed by atoms with Crippen molar-refractivity contribution in [2.75, 3.05) is 0 Å². The van der Waals surface area contributed by atoms with Gasteiger partial charge in [0.2, 0.25) is 5.91 Å². The predicted octanol–water partition coefficient (Wildman–Crippen LogP) is 4.67. The van der Waals surface area contributed by atoms with Crippen LogP contribution in [-0.4, -0.2) is 45.2 Å². The number of hydrogen-bond donors (Lipinski definition) is 2. The Balaban J connectivity index is 1.56. The first-order chi connectivity index (χ1) is 19.3. The summed E-state index contributed by atoms with van der Waals surface area (Å²) in [6, 6.07) is 10.6. The summed E-state index contributed by atoms with van der Waals surface area (Å²) in [5, 5.41) is 18.6. The molecule has 3 aromatic rings. The maximum absolute atomic E-state index is 15.5. The van der Waals surface area contributed by atoms with Crippen molar-refractivity contribution < 1.29 is 23.1 Å². The lowest BCUT2D eigenvalue weighted by Gasteiger charge is -2.37. The van der Waals surface area contributed by atoms with Crippen LogP contribution in [0.15, 0.2) is 53.3 Å². The zero-order chi connectivity index (χ0) is 30.1. The van der Waals surface area contributed by atoms with E-state index in [0.717, 1.165) is 0 Å². The lowest BCUT2D eigenvalue weighted by atomic mass is 9.84. The third-order valence-corrected chi connectivity index (χ3v) is 7.27. The number of ether oxygens (including phenoxy) is 1. The molecule has 0 unspecified atom stereocenters. The zero-order valence-corrected chi connectivity index (χ0v) is 23.4. The molecule has 11 heteroatoms. The molecule has 4 atom stereocenters. The summed E-state index contributed by atoms with van der Waals surface area (Å²) >= 11 is 0. The number of amides is 2. The molecule has 41 heavy (non-hydrogen) atoms. The van der Waals surface area contributed by atoms with E-state index in [1.54, 1.807) is 39.8 Å². The summed E-state index contributed by atoms with van der Waals surface area (Å²) in [6.45, 7) is 8.12. The molecule has 0 bridgehead atoms. The van der Waals surface area contributed by atoms with E-state index in [2.05, 4.69) is 21.6 Å². The van der Waals surface area contributed by atoms with E-state index in [1.807, 2.05) is 0 Å². The van der Waals surface area contributed by atoms with Gasteiger partial charge >= 0.3 is 5.56 Å². The van der Waals surface area contributed by atoms with Gasteiger partial charge < -0.3 is 15.0 Å². The quantitative estimate of drug-likeness (QED) is 0.430. The largest absolute Gasteiger partial charge is 0.451 e. The Morgan fingerprint density at radius 3 is 2.59 bits per heavy atom. The van der Waals surface area contributed by atoms with Crippen molar-refractivity contribution in [3.63, 3.8) is 0 Å². The second-order valence-corrected chi connectivity index (χ2v) is 10.8. The molecule has 2 N–H and O–H groups in total. The second-order valence-electron chi connectivity index (χ2n) is 10.8. The fourth-order valence-electron chi connectivity index (χ4n) is 5.04. The molecular weight excluding hydrogens is 532 g/mol. The molecule has 0 radical (unpaired) electrons. The van der Waals surface area contributed by atoms with Gasteiger partial charge in [-0.1, -0.05) is 12.1 Å². The van der Waals surface area contributed by atoms with E-state index in [-0.39, 0.29) is 23.3 Å².